The Hall–Kier alpha value is -4.64. The van der Waals surface area contributed by atoms with Crippen LogP contribution in [0.2, 0.25) is 0 Å². The lowest BCUT2D eigenvalue weighted by molar-refractivity contribution is 0.654. The van der Waals surface area contributed by atoms with Crippen molar-refractivity contribution in [2.45, 2.75) is 0 Å². The second-order valence-electron chi connectivity index (χ2n) is 7.89. The van der Waals surface area contributed by atoms with Crippen LogP contribution in [0.15, 0.2) is 112 Å². The van der Waals surface area contributed by atoms with Gasteiger partial charge in [0.1, 0.15) is 16.7 Å². The van der Waals surface area contributed by atoms with Gasteiger partial charge in [-0.2, -0.15) is 0 Å². The molecule has 0 radical (unpaired) electrons. The molecule has 0 bridgehead atoms. The Labute approximate surface area is 188 Å². The molecule has 0 aliphatic carbocycles. The topological polar surface area (TPSA) is 55.3 Å². The number of rotatable bonds is 3. The summed E-state index contributed by atoms with van der Waals surface area (Å²) in [5, 5.41) is 2.97. The first kappa shape index (κ1) is 18.0. The van der Waals surface area contributed by atoms with Gasteiger partial charge in [-0.25, -0.2) is 4.98 Å². The molecule has 156 valence electrons. The molecule has 3 aromatic carbocycles. The third-order valence-electron chi connectivity index (χ3n) is 5.99. The standard InChI is InChI=1S/C28H17N3O2/c1-2-8-18(9-3-1)31(21-14-17-30-28-25(21)19-10-4-6-12-23(19)33-28)22-15-16-29-26-20-11-5-7-13-24(20)32-27(22)26/h1-17H. The van der Waals surface area contributed by atoms with Gasteiger partial charge < -0.3 is 13.7 Å². The molecule has 0 aliphatic heterocycles. The first-order valence-corrected chi connectivity index (χ1v) is 10.8. The van der Waals surface area contributed by atoms with Gasteiger partial charge >= 0.3 is 0 Å². The molecule has 33 heavy (non-hydrogen) atoms. The van der Waals surface area contributed by atoms with Crippen LogP contribution in [0.25, 0.3) is 44.1 Å². The predicted octanol–water partition coefficient (Wildman–Crippen LogP) is 7.75. The number of furan rings is 2. The molecule has 0 unspecified atom stereocenters. The summed E-state index contributed by atoms with van der Waals surface area (Å²) in [7, 11) is 0. The van der Waals surface area contributed by atoms with Crippen LogP contribution >= 0.6 is 0 Å². The first-order valence-electron chi connectivity index (χ1n) is 10.8. The number of anilines is 3. The minimum Gasteiger partial charge on any atom is -0.452 e. The fraction of sp³-hybridized carbons (Fsp3) is 0. The lowest BCUT2D eigenvalue weighted by Gasteiger charge is -2.25. The third-order valence-corrected chi connectivity index (χ3v) is 5.99. The molecule has 0 amide bonds. The number of benzene rings is 3. The van der Waals surface area contributed by atoms with Gasteiger partial charge in [0.25, 0.3) is 0 Å². The van der Waals surface area contributed by atoms with Crippen molar-refractivity contribution in [2.24, 2.45) is 0 Å². The smallest absolute Gasteiger partial charge is 0.229 e. The van der Waals surface area contributed by atoms with E-state index >= 15 is 0 Å². The second kappa shape index (κ2) is 6.93. The molecule has 0 fully saturated rings. The van der Waals surface area contributed by atoms with Crippen LogP contribution < -0.4 is 4.90 Å². The average Bonchev–Trinajstić information content (AvgIpc) is 3.44. The number of hydrogen-bond donors (Lipinski definition) is 0. The Kier molecular flexibility index (Phi) is 3.78. The Bertz CT molecular complexity index is 1780. The van der Waals surface area contributed by atoms with Crippen molar-refractivity contribution in [2.75, 3.05) is 4.90 Å². The number of aromatic nitrogens is 2. The number of pyridine rings is 2. The molecule has 7 rings (SSSR count). The molecule has 0 saturated carbocycles. The highest BCUT2D eigenvalue weighted by Gasteiger charge is 2.23. The van der Waals surface area contributed by atoms with Gasteiger partial charge in [0, 0.05) is 28.9 Å². The zero-order valence-corrected chi connectivity index (χ0v) is 17.5. The maximum absolute atomic E-state index is 6.35. The Morgan fingerprint density at radius 2 is 1.24 bits per heavy atom. The summed E-state index contributed by atoms with van der Waals surface area (Å²) in [6.07, 6.45) is 3.62. The lowest BCUT2D eigenvalue weighted by atomic mass is 10.1. The molecule has 7 aromatic rings. The van der Waals surface area contributed by atoms with E-state index in [0.29, 0.717) is 5.71 Å². The van der Waals surface area contributed by atoms with Gasteiger partial charge in [-0.3, -0.25) is 4.98 Å². The highest BCUT2D eigenvalue weighted by molar-refractivity contribution is 6.14. The number of nitrogens with zero attached hydrogens (tertiary/aromatic N) is 3. The summed E-state index contributed by atoms with van der Waals surface area (Å²) in [6.45, 7) is 0. The van der Waals surface area contributed by atoms with E-state index in [2.05, 4.69) is 33.1 Å². The zero-order valence-electron chi connectivity index (χ0n) is 17.5. The van der Waals surface area contributed by atoms with Crippen molar-refractivity contribution in [3.05, 3.63) is 103 Å². The summed E-state index contributed by atoms with van der Waals surface area (Å²) >= 11 is 0. The SMILES string of the molecule is c1ccc(N(c2ccnc3c2oc2ccccc23)c2ccnc3oc4ccccc4c23)cc1. The monoisotopic (exact) mass is 427 g/mol. The minimum absolute atomic E-state index is 0.601. The highest BCUT2D eigenvalue weighted by atomic mass is 16.3. The predicted molar refractivity (Wildman–Crippen MR) is 131 cm³/mol. The molecule has 4 heterocycles. The third kappa shape index (κ3) is 2.66. The number of hydrogen-bond acceptors (Lipinski definition) is 5. The summed E-state index contributed by atoms with van der Waals surface area (Å²) in [5.41, 5.74) is 6.67. The number of fused-ring (bicyclic) bond motifs is 6. The average molecular weight is 427 g/mol. The molecular weight excluding hydrogens is 410 g/mol. The summed E-state index contributed by atoms with van der Waals surface area (Å²) in [4.78, 5) is 11.4. The van der Waals surface area contributed by atoms with Crippen LogP contribution in [0.1, 0.15) is 0 Å². The molecule has 0 atom stereocenters. The zero-order chi connectivity index (χ0) is 21.8. The van der Waals surface area contributed by atoms with Crippen molar-refractivity contribution < 1.29 is 8.83 Å². The van der Waals surface area contributed by atoms with E-state index in [1.807, 2.05) is 79.0 Å². The molecule has 5 nitrogen and oxygen atoms in total. The maximum atomic E-state index is 6.35. The van der Waals surface area contributed by atoms with Crippen LogP contribution in [0.3, 0.4) is 0 Å². The van der Waals surface area contributed by atoms with Crippen molar-refractivity contribution in [3.8, 4) is 0 Å². The first-order chi connectivity index (χ1) is 16.4. The molecular formula is C28H17N3O2. The van der Waals surface area contributed by atoms with Gasteiger partial charge in [0.15, 0.2) is 5.58 Å². The van der Waals surface area contributed by atoms with Crippen molar-refractivity contribution in [1.29, 1.82) is 0 Å². The quantitative estimate of drug-likeness (QED) is 0.289. The van der Waals surface area contributed by atoms with Crippen molar-refractivity contribution in [3.63, 3.8) is 0 Å². The summed E-state index contributed by atoms with van der Waals surface area (Å²) in [5.74, 6) is 0. The normalized spacial score (nSPS) is 11.6. The van der Waals surface area contributed by atoms with Gasteiger partial charge in [-0.1, -0.05) is 48.5 Å². The van der Waals surface area contributed by atoms with E-state index in [4.69, 9.17) is 8.83 Å². The van der Waals surface area contributed by atoms with Gasteiger partial charge in [0.05, 0.1) is 16.8 Å². The summed E-state index contributed by atoms with van der Waals surface area (Å²) in [6, 6.07) is 30.3. The van der Waals surface area contributed by atoms with Crippen LogP contribution in [0, 0.1) is 0 Å². The van der Waals surface area contributed by atoms with E-state index in [0.717, 1.165) is 55.5 Å². The molecule has 0 spiro atoms. The molecule has 5 heteroatoms. The fourth-order valence-corrected chi connectivity index (χ4v) is 4.57. The lowest BCUT2D eigenvalue weighted by Crippen LogP contribution is -2.11. The Balaban J connectivity index is 1.60. The van der Waals surface area contributed by atoms with Crippen LogP contribution in [-0.4, -0.2) is 9.97 Å². The summed E-state index contributed by atoms with van der Waals surface area (Å²) < 4.78 is 12.4. The highest BCUT2D eigenvalue weighted by Crippen LogP contribution is 2.45. The van der Waals surface area contributed by atoms with Gasteiger partial charge in [-0.15, -0.1) is 0 Å². The van der Waals surface area contributed by atoms with Crippen LogP contribution in [-0.2, 0) is 0 Å². The van der Waals surface area contributed by atoms with Crippen LogP contribution in [0.5, 0.6) is 0 Å². The maximum Gasteiger partial charge on any atom is 0.229 e. The molecule has 0 aliphatic rings. The van der Waals surface area contributed by atoms with Crippen LogP contribution in [0.4, 0.5) is 17.1 Å². The largest absolute Gasteiger partial charge is 0.452 e. The van der Waals surface area contributed by atoms with E-state index < -0.39 is 0 Å². The fourth-order valence-electron chi connectivity index (χ4n) is 4.57. The number of para-hydroxylation sites is 3. The van der Waals surface area contributed by atoms with Gasteiger partial charge in [-0.05, 0) is 42.5 Å². The van der Waals surface area contributed by atoms with E-state index in [1.54, 1.807) is 6.20 Å². The van der Waals surface area contributed by atoms with Gasteiger partial charge in [0.2, 0.25) is 5.71 Å². The van der Waals surface area contributed by atoms with Crippen molar-refractivity contribution in [1.82, 2.24) is 9.97 Å². The Morgan fingerprint density at radius 3 is 2.09 bits per heavy atom. The minimum atomic E-state index is 0.601. The van der Waals surface area contributed by atoms with E-state index in [-0.39, 0.29) is 0 Å². The van der Waals surface area contributed by atoms with E-state index in [9.17, 15) is 0 Å². The van der Waals surface area contributed by atoms with E-state index in [1.165, 1.54) is 0 Å². The van der Waals surface area contributed by atoms with Crippen molar-refractivity contribution >= 4 is 61.2 Å². The second-order valence-corrected chi connectivity index (χ2v) is 7.89. The Morgan fingerprint density at radius 1 is 0.576 bits per heavy atom. The molecule has 0 N–H and O–H groups in total. The molecule has 0 saturated heterocycles. The molecule has 4 aromatic heterocycles.